The van der Waals surface area contributed by atoms with Crippen molar-refractivity contribution in [2.24, 2.45) is 5.41 Å². The van der Waals surface area contributed by atoms with Gasteiger partial charge in [-0.05, 0) is 33.1 Å². The summed E-state index contributed by atoms with van der Waals surface area (Å²) in [7, 11) is 1.83. The first-order chi connectivity index (χ1) is 8.89. The Morgan fingerprint density at radius 1 is 0.947 bits per heavy atom. The topological polar surface area (TPSA) is 21.7 Å². The molecule has 2 aliphatic rings. The highest BCUT2D eigenvalue weighted by molar-refractivity contribution is 5.01. The highest BCUT2D eigenvalue weighted by Gasteiger charge is 2.51. The first-order valence-corrected chi connectivity index (χ1v) is 7.87. The number of methoxy groups -OCH3 is 1. The summed E-state index contributed by atoms with van der Waals surface area (Å²) >= 11 is 0. The average Bonchev–Trinajstić information content (AvgIpc) is 2.37. The number of hydrogen-bond donors (Lipinski definition) is 0. The minimum Gasteiger partial charge on any atom is -0.381 e. The van der Waals surface area contributed by atoms with Crippen molar-refractivity contribution in [1.82, 2.24) is 5.06 Å². The fourth-order valence-corrected chi connectivity index (χ4v) is 3.54. The second-order valence-corrected chi connectivity index (χ2v) is 7.26. The molecule has 0 aromatic rings. The van der Waals surface area contributed by atoms with Crippen molar-refractivity contribution in [2.45, 2.75) is 84.0 Å². The van der Waals surface area contributed by atoms with Crippen LogP contribution in [0.3, 0.4) is 0 Å². The van der Waals surface area contributed by atoms with E-state index >= 15 is 0 Å². The van der Waals surface area contributed by atoms with Gasteiger partial charge in [-0.3, -0.25) is 4.84 Å². The number of piperidine rings is 1. The largest absolute Gasteiger partial charge is 0.381 e. The third-order valence-electron chi connectivity index (χ3n) is 5.71. The molecular weight excluding hydrogens is 238 g/mol. The van der Waals surface area contributed by atoms with Gasteiger partial charge in [-0.15, -0.1) is 0 Å². The predicted octanol–water partition coefficient (Wildman–Crippen LogP) is 3.78. The van der Waals surface area contributed by atoms with E-state index in [2.05, 4.69) is 32.8 Å². The number of hydroxylamine groups is 2. The Hall–Kier alpha value is -0.120. The maximum Gasteiger partial charge on any atom is 0.0793 e. The third-order valence-corrected chi connectivity index (χ3v) is 5.71. The van der Waals surface area contributed by atoms with E-state index in [0.717, 1.165) is 13.0 Å². The Balaban J connectivity index is 2.05. The molecular formula is C16H31NO2. The van der Waals surface area contributed by atoms with Crippen LogP contribution in [-0.2, 0) is 9.57 Å². The molecule has 1 saturated carbocycles. The average molecular weight is 269 g/mol. The summed E-state index contributed by atoms with van der Waals surface area (Å²) in [6.07, 6.45) is 8.27. The molecule has 1 heterocycles. The highest BCUT2D eigenvalue weighted by Crippen LogP contribution is 2.45. The quantitative estimate of drug-likeness (QED) is 0.778. The van der Waals surface area contributed by atoms with Crippen LogP contribution in [0.4, 0.5) is 0 Å². The van der Waals surface area contributed by atoms with Crippen molar-refractivity contribution in [1.29, 1.82) is 0 Å². The number of rotatable bonds is 3. The molecule has 0 aromatic heterocycles. The molecule has 19 heavy (non-hydrogen) atoms. The lowest BCUT2D eigenvalue weighted by Crippen LogP contribution is -2.63. The van der Waals surface area contributed by atoms with Crippen molar-refractivity contribution in [2.75, 3.05) is 13.7 Å². The lowest BCUT2D eigenvalue weighted by atomic mass is 9.67. The SMILES string of the molecule is COC1CCN(OC2CCCCC2)C(C)(C)C1(C)C. The van der Waals surface area contributed by atoms with E-state index in [1.165, 1.54) is 32.1 Å². The standard InChI is InChI=1S/C16H31NO2/c1-15(2)14(18-5)11-12-17(16(15,3)4)19-13-9-7-6-8-10-13/h13-14H,6-12H2,1-5H3. The molecule has 1 unspecified atom stereocenters. The zero-order valence-electron chi connectivity index (χ0n) is 13.4. The molecule has 0 spiro atoms. The van der Waals surface area contributed by atoms with E-state index in [1.807, 2.05) is 7.11 Å². The summed E-state index contributed by atoms with van der Waals surface area (Å²) in [4.78, 5) is 6.35. The van der Waals surface area contributed by atoms with Gasteiger partial charge in [-0.25, -0.2) is 0 Å². The number of hydrogen-bond acceptors (Lipinski definition) is 3. The van der Waals surface area contributed by atoms with E-state index in [4.69, 9.17) is 9.57 Å². The molecule has 0 amide bonds. The van der Waals surface area contributed by atoms with Gasteiger partial charge in [0.2, 0.25) is 0 Å². The van der Waals surface area contributed by atoms with Crippen LogP contribution >= 0.6 is 0 Å². The number of ether oxygens (including phenoxy) is 1. The molecule has 3 heteroatoms. The molecule has 1 aliphatic carbocycles. The van der Waals surface area contributed by atoms with E-state index in [0.29, 0.717) is 12.2 Å². The smallest absolute Gasteiger partial charge is 0.0793 e. The molecule has 1 saturated heterocycles. The monoisotopic (exact) mass is 269 g/mol. The minimum atomic E-state index is 0.00335. The maximum atomic E-state index is 6.35. The van der Waals surface area contributed by atoms with E-state index in [1.54, 1.807) is 0 Å². The second kappa shape index (κ2) is 5.71. The maximum absolute atomic E-state index is 6.35. The summed E-state index contributed by atoms with van der Waals surface area (Å²) in [6, 6.07) is 0. The molecule has 0 N–H and O–H groups in total. The molecule has 1 aliphatic heterocycles. The third kappa shape index (κ3) is 2.84. The van der Waals surface area contributed by atoms with Crippen LogP contribution in [-0.4, -0.2) is 36.5 Å². The van der Waals surface area contributed by atoms with Gasteiger partial charge >= 0.3 is 0 Å². The van der Waals surface area contributed by atoms with Crippen LogP contribution < -0.4 is 0 Å². The van der Waals surface area contributed by atoms with Gasteiger partial charge < -0.3 is 4.74 Å². The van der Waals surface area contributed by atoms with Crippen molar-refractivity contribution in [3.63, 3.8) is 0 Å². The van der Waals surface area contributed by atoms with Crippen LogP contribution in [0, 0.1) is 5.41 Å². The van der Waals surface area contributed by atoms with Crippen molar-refractivity contribution < 1.29 is 9.57 Å². The minimum absolute atomic E-state index is 0.00335. The molecule has 0 radical (unpaired) electrons. The number of nitrogens with zero attached hydrogens (tertiary/aromatic N) is 1. The van der Waals surface area contributed by atoms with Gasteiger partial charge in [0.05, 0.1) is 12.2 Å². The lowest BCUT2D eigenvalue weighted by molar-refractivity contribution is -0.303. The van der Waals surface area contributed by atoms with Gasteiger partial charge in [-0.2, -0.15) is 5.06 Å². The first-order valence-electron chi connectivity index (χ1n) is 7.87. The summed E-state index contributed by atoms with van der Waals surface area (Å²) < 4.78 is 5.70. The fraction of sp³-hybridized carbons (Fsp3) is 1.00. The van der Waals surface area contributed by atoms with E-state index in [9.17, 15) is 0 Å². The van der Waals surface area contributed by atoms with Crippen LogP contribution in [0.1, 0.15) is 66.2 Å². The summed E-state index contributed by atoms with van der Waals surface area (Å²) in [5.41, 5.74) is 0.0953. The van der Waals surface area contributed by atoms with E-state index < -0.39 is 0 Å². The summed E-state index contributed by atoms with van der Waals surface area (Å²) in [5.74, 6) is 0. The molecule has 112 valence electrons. The van der Waals surface area contributed by atoms with Gasteiger partial charge in [0.25, 0.3) is 0 Å². The molecule has 1 atom stereocenters. The Bertz CT molecular complexity index is 295. The van der Waals surface area contributed by atoms with Crippen molar-refractivity contribution in [3.05, 3.63) is 0 Å². The summed E-state index contributed by atoms with van der Waals surface area (Å²) in [6.45, 7) is 10.2. The van der Waals surface area contributed by atoms with Crippen LogP contribution in [0.2, 0.25) is 0 Å². The Kier molecular flexibility index (Phi) is 4.59. The van der Waals surface area contributed by atoms with Gasteiger partial charge in [0.15, 0.2) is 0 Å². The zero-order valence-corrected chi connectivity index (χ0v) is 13.4. The fourth-order valence-electron chi connectivity index (χ4n) is 3.54. The lowest BCUT2D eigenvalue weighted by Gasteiger charge is -2.56. The molecule has 0 aromatic carbocycles. The van der Waals surface area contributed by atoms with Crippen molar-refractivity contribution >= 4 is 0 Å². The van der Waals surface area contributed by atoms with E-state index in [-0.39, 0.29) is 11.0 Å². The second-order valence-electron chi connectivity index (χ2n) is 7.26. The van der Waals surface area contributed by atoms with Crippen LogP contribution in [0.15, 0.2) is 0 Å². The molecule has 0 bridgehead atoms. The summed E-state index contributed by atoms with van der Waals surface area (Å²) in [5, 5.41) is 2.25. The Morgan fingerprint density at radius 3 is 2.16 bits per heavy atom. The highest BCUT2D eigenvalue weighted by atomic mass is 16.7. The Labute approximate surface area is 118 Å². The normalized spacial score (nSPS) is 32.4. The van der Waals surface area contributed by atoms with Crippen molar-refractivity contribution in [3.8, 4) is 0 Å². The molecule has 2 fully saturated rings. The van der Waals surface area contributed by atoms with Gasteiger partial charge in [-0.1, -0.05) is 33.1 Å². The molecule has 2 rings (SSSR count). The van der Waals surface area contributed by atoms with Crippen LogP contribution in [0.25, 0.3) is 0 Å². The van der Waals surface area contributed by atoms with Gasteiger partial charge in [0.1, 0.15) is 0 Å². The zero-order chi connectivity index (χ0) is 14.1. The van der Waals surface area contributed by atoms with Crippen LogP contribution in [0.5, 0.6) is 0 Å². The first kappa shape index (κ1) is 15.3. The molecule has 3 nitrogen and oxygen atoms in total. The predicted molar refractivity (Wildman–Crippen MR) is 77.9 cm³/mol. The van der Waals surface area contributed by atoms with Gasteiger partial charge in [0, 0.05) is 24.6 Å². The Morgan fingerprint density at radius 2 is 1.58 bits per heavy atom.